The predicted molar refractivity (Wildman–Crippen MR) is 84.7 cm³/mol. The zero-order chi connectivity index (χ0) is 17.9. The second-order valence-electron chi connectivity index (χ2n) is 5.43. The quantitative estimate of drug-likeness (QED) is 0.729. The summed E-state index contributed by atoms with van der Waals surface area (Å²) in [5, 5.41) is 7.34. The molecule has 0 aliphatic carbocycles. The number of carbonyl (C=O) groups is 1. The van der Waals surface area contributed by atoms with Crippen molar-refractivity contribution in [2.75, 3.05) is 7.05 Å². The number of sulfonamides is 1. The first kappa shape index (κ1) is 18.1. The minimum atomic E-state index is -3.67. The normalized spacial score (nSPS) is 11.9. The number of carbonyl (C=O) groups excluding carboxylic acids is 1. The average Bonchev–Trinajstić information content (AvgIpc) is 2.97. The second-order valence-corrected chi connectivity index (χ2v) is 7.43. The van der Waals surface area contributed by atoms with Gasteiger partial charge in [0.2, 0.25) is 15.9 Å². The molecule has 1 heterocycles. The van der Waals surface area contributed by atoms with E-state index in [9.17, 15) is 13.2 Å². The summed E-state index contributed by atoms with van der Waals surface area (Å²) in [7, 11) is -2.18. The van der Waals surface area contributed by atoms with E-state index in [1.54, 1.807) is 20.8 Å². The van der Waals surface area contributed by atoms with Gasteiger partial charge >= 0.3 is 5.97 Å². The van der Waals surface area contributed by atoms with Gasteiger partial charge in [0, 0.05) is 20.0 Å². The molecule has 1 aromatic heterocycles. The van der Waals surface area contributed by atoms with Crippen LogP contribution in [0.2, 0.25) is 0 Å². The molecule has 0 N–H and O–H groups in total. The highest BCUT2D eigenvalue weighted by Crippen LogP contribution is 2.18. The highest BCUT2D eigenvalue weighted by atomic mass is 32.2. The van der Waals surface area contributed by atoms with Gasteiger partial charge in [0.1, 0.15) is 0 Å². The Morgan fingerprint density at radius 2 is 2.04 bits per heavy atom. The van der Waals surface area contributed by atoms with Gasteiger partial charge in [0.25, 0.3) is 5.89 Å². The fraction of sp³-hybridized carbons (Fsp3) is 0.400. The van der Waals surface area contributed by atoms with Gasteiger partial charge in [0.15, 0.2) is 6.61 Å². The molecule has 0 fully saturated rings. The average molecular weight is 353 g/mol. The summed E-state index contributed by atoms with van der Waals surface area (Å²) in [6.45, 7) is 4.98. The fourth-order valence-corrected chi connectivity index (χ4v) is 3.25. The Hall–Kier alpha value is -2.26. The number of nitrogens with zero attached hydrogens (tertiary/aromatic N) is 3. The van der Waals surface area contributed by atoms with Crippen LogP contribution in [0.1, 0.15) is 36.0 Å². The van der Waals surface area contributed by atoms with E-state index in [-0.39, 0.29) is 29.0 Å². The minimum absolute atomic E-state index is 0.0294. The van der Waals surface area contributed by atoms with Gasteiger partial charge in [-0.15, -0.1) is 10.2 Å². The van der Waals surface area contributed by atoms with Gasteiger partial charge in [0.05, 0.1) is 10.5 Å². The monoisotopic (exact) mass is 353 g/mol. The van der Waals surface area contributed by atoms with Crippen LogP contribution in [0.5, 0.6) is 0 Å². The highest BCUT2D eigenvalue weighted by Gasteiger charge is 2.24. The summed E-state index contributed by atoms with van der Waals surface area (Å²) in [6, 6.07) is 5.50. The zero-order valence-corrected chi connectivity index (χ0v) is 14.7. The highest BCUT2D eigenvalue weighted by molar-refractivity contribution is 7.89. The van der Waals surface area contributed by atoms with Crippen molar-refractivity contribution in [3.8, 4) is 0 Å². The molecule has 0 atom stereocenters. The Bertz CT molecular complexity index is 829. The minimum Gasteiger partial charge on any atom is -0.452 e. The first-order chi connectivity index (χ1) is 11.2. The Morgan fingerprint density at radius 3 is 2.62 bits per heavy atom. The van der Waals surface area contributed by atoms with E-state index in [4.69, 9.17) is 9.15 Å². The number of hydrogen-bond donors (Lipinski definition) is 0. The lowest BCUT2D eigenvalue weighted by Crippen LogP contribution is -2.33. The number of ether oxygens (including phenoxy) is 1. The van der Waals surface area contributed by atoms with Crippen molar-refractivity contribution < 1.29 is 22.4 Å². The zero-order valence-electron chi connectivity index (χ0n) is 13.9. The Balaban J connectivity index is 2.16. The van der Waals surface area contributed by atoms with Crippen molar-refractivity contribution in [1.82, 2.24) is 14.5 Å². The molecule has 0 aliphatic rings. The molecule has 0 unspecified atom stereocenters. The predicted octanol–water partition coefficient (Wildman–Crippen LogP) is 1.76. The number of aromatic nitrogens is 2. The number of aryl methyl sites for hydroxylation is 1. The summed E-state index contributed by atoms with van der Waals surface area (Å²) in [6.07, 6.45) is 0. The van der Waals surface area contributed by atoms with Crippen molar-refractivity contribution in [2.45, 2.75) is 38.3 Å². The van der Waals surface area contributed by atoms with E-state index >= 15 is 0 Å². The van der Waals surface area contributed by atoms with Crippen LogP contribution in [0.15, 0.2) is 33.6 Å². The fourth-order valence-electron chi connectivity index (χ4n) is 1.83. The molecule has 0 saturated carbocycles. The van der Waals surface area contributed by atoms with E-state index in [0.29, 0.717) is 5.89 Å². The lowest BCUT2D eigenvalue weighted by molar-refractivity contribution is 0.0436. The molecule has 2 aromatic rings. The summed E-state index contributed by atoms with van der Waals surface area (Å²) >= 11 is 0. The molecule has 130 valence electrons. The molecule has 0 aliphatic heterocycles. The molecule has 0 spiro atoms. The smallest absolute Gasteiger partial charge is 0.338 e. The molecule has 0 saturated heterocycles. The third kappa shape index (κ3) is 3.98. The Kier molecular flexibility index (Phi) is 5.35. The maximum atomic E-state index is 12.5. The van der Waals surface area contributed by atoms with Crippen molar-refractivity contribution in [1.29, 1.82) is 0 Å². The van der Waals surface area contributed by atoms with Crippen molar-refractivity contribution in [3.63, 3.8) is 0 Å². The van der Waals surface area contributed by atoms with Gasteiger partial charge in [-0.05, 0) is 32.0 Å². The standard InChI is InChI=1S/C15H19N3O5S/c1-10(2)18(4)24(20,21)13-7-5-6-12(8-13)15(19)22-9-14-17-16-11(3)23-14/h5-8,10H,9H2,1-4H3. The van der Waals surface area contributed by atoms with E-state index in [1.807, 2.05) is 0 Å². The summed E-state index contributed by atoms with van der Waals surface area (Å²) in [4.78, 5) is 12.1. The molecule has 8 nitrogen and oxygen atoms in total. The van der Waals surface area contributed by atoms with Crippen LogP contribution < -0.4 is 0 Å². The lowest BCUT2D eigenvalue weighted by Gasteiger charge is -2.21. The Labute approximate surface area is 140 Å². The van der Waals surface area contributed by atoms with Crippen LogP contribution in [0.25, 0.3) is 0 Å². The first-order valence-electron chi connectivity index (χ1n) is 7.26. The number of hydrogen-bond acceptors (Lipinski definition) is 7. The number of esters is 1. The Morgan fingerprint density at radius 1 is 1.33 bits per heavy atom. The molecular formula is C15H19N3O5S. The maximum absolute atomic E-state index is 12.5. The molecule has 24 heavy (non-hydrogen) atoms. The van der Waals surface area contributed by atoms with Gasteiger partial charge in [-0.3, -0.25) is 0 Å². The summed E-state index contributed by atoms with van der Waals surface area (Å²) in [5.41, 5.74) is 0.129. The maximum Gasteiger partial charge on any atom is 0.338 e. The third-order valence-electron chi connectivity index (χ3n) is 3.37. The topological polar surface area (TPSA) is 103 Å². The number of rotatable bonds is 6. The van der Waals surface area contributed by atoms with E-state index < -0.39 is 16.0 Å². The van der Waals surface area contributed by atoms with Crippen LogP contribution in [-0.2, 0) is 21.4 Å². The molecular weight excluding hydrogens is 334 g/mol. The molecule has 1 aromatic carbocycles. The SMILES string of the molecule is Cc1nnc(COC(=O)c2cccc(S(=O)(=O)N(C)C(C)C)c2)o1. The molecule has 0 amide bonds. The van der Waals surface area contributed by atoms with E-state index in [1.165, 1.54) is 35.6 Å². The first-order valence-corrected chi connectivity index (χ1v) is 8.70. The van der Waals surface area contributed by atoms with Crippen LogP contribution in [-0.4, -0.2) is 42.0 Å². The van der Waals surface area contributed by atoms with Gasteiger partial charge in [-0.1, -0.05) is 6.07 Å². The number of benzene rings is 1. The summed E-state index contributed by atoms with van der Waals surface area (Å²) in [5.74, 6) is -0.134. The van der Waals surface area contributed by atoms with Gasteiger partial charge in [-0.25, -0.2) is 13.2 Å². The molecule has 0 bridgehead atoms. The summed E-state index contributed by atoms with van der Waals surface area (Å²) < 4.78 is 36.3. The largest absolute Gasteiger partial charge is 0.452 e. The van der Waals surface area contributed by atoms with Crippen LogP contribution in [0, 0.1) is 6.92 Å². The van der Waals surface area contributed by atoms with Gasteiger partial charge in [-0.2, -0.15) is 4.31 Å². The molecule has 9 heteroatoms. The van der Waals surface area contributed by atoms with Crippen LogP contribution in [0.3, 0.4) is 0 Å². The van der Waals surface area contributed by atoms with Gasteiger partial charge < -0.3 is 9.15 Å². The lowest BCUT2D eigenvalue weighted by atomic mass is 10.2. The third-order valence-corrected chi connectivity index (χ3v) is 5.40. The van der Waals surface area contributed by atoms with E-state index in [0.717, 1.165) is 0 Å². The second kappa shape index (κ2) is 7.10. The van der Waals surface area contributed by atoms with Crippen LogP contribution >= 0.6 is 0 Å². The van der Waals surface area contributed by atoms with E-state index in [2.05, 4.69) is 10.2 Å². The van der Waals surface area contributed by atoms with Crippen molar-refractivity contribution >= 4 is 16.0 Å². The van der Waals surface area contributed by atoms with Crippen molar-refractivity contribution in [2.24, 2.45) is 0 Å². The van der Waals surface area contributed by atoms with Crippen LogP contribution in [0.4, 0.5) is 0 Å². The van der Waals surface area contributed by atoms with Crippen molar-refractivity contribution in [3.05, 3.63) is 41.6 Å². The molecule has 0 radical (unpaired) electrons. The molecule has 2 rings (SSSR count).